The summed E-state index contributed by atoms with van der Waals surface area (Å²) in [6.07, 6.45) is 1.13. The number of benzene rings is 1. The molecule has 0 radical (unpaired) electrons. The van der Waals surface area contributed by atoms with Gasteiger partial charge in [0.05, 0.1) is 7.11 Å². The first kappa shape index (κ1) is 16.0. The van der Waals surface area contributed by atoms with Crippen molar-refractivity contribution in [1.29, 1.82) is 0 Å². The monoisotopic (exact) mass is 304 g/mol. The van der Waals surface area contributed by atoms with Crippen molar-refractivity contribution in [3.8, 4) is 0 Å². The van der Waals surface area contributed by atoms with Crippen molar-refractivity contribution < 1.29 is 19.1 Å². The predicted octanol–water partition coefficient (Wildman–Crippen LogP) is 0.474. The molecular weight excluding hydrogens is 284 g/mol. The van der Waals surface area contributed by atoms with E-state index in [1.54, 1.807) is 0 Å². The summed E-state index contributed by atoms with van der Waals surface area (Å²) in [6, 6.07) is 6.38. The van der Waals surface area contributed by atoms with Crippen LogP contribution in [0.15, 0.2) is 24.3 Å². The fourth-order valence-corrected chi connectivity index (χ4v) is 2.49. The van der Waals surface area contributed by atoms with Crippen molar-refractivity contribution in [1.82, 2.24) is 10.6 Å². The minimum absolute atomic E-state index is 0.145. The summed E-state index contributed by atoms with van der Waals surface area (Å²) in [5.41, 5.74) is 2.02. The van der Waals surface area contributed by atoms with E-state index in [0.717, 1.165) is 11.1 Å². The van der Waals surface area contributed by atoms with Gasteiger partial charge < -0.3 is 15.4 Å². The van der Waals surface area contributed by atoms with Crippen LogP contribution >= 0.6 is 0 Å². The zero-order chi connectivity index (χ0) is 16.1. The maximum Gasteiger partial charge on any atom is 0.328 e. The summed E-state index contributed by atoms with van der Waals surface area (Å²) in [5.74, 6) is -0.999. The third kappa shape index (κ3) is 4.07. The molecule has 1 aromatic carbocycles. The number of ether oxygens (including phenoxy) is 1. The van der Waals surface area contributed by atoms with E-state index in [1.165, 1.54) is 7.11 Å². The number of hydrogen-bond acceptors (Lipinski definition) is 4. The topological polar surface area (TPSA) is 84.5 Å². The first-order chi connectivity index (χ1) is 10.5. The quantitative estimate of drug-likeness (QED) is 0.775. The average molecular weight is 304 g/mol. The molecule has 2 N–H and O–H groups in total. The maximum absolute atomic E-state index is 12.1. The van der Waals surface area contributed by atoms with Crippen LogP contribution in [-0.4, -0.2) is 37.0 Å². The summed E-state index contributed by atoms with van der Waals surface area (Å²) in [4.78, 5) is 35.2. The molecule has 0 saturated carbocycles. The molecule has 2 rings (SSSR count). The molecule has 0 unspecified atom stereocenters. The predicted molar refractivity (Wildman–Crippen MR) is 80.0 cm³/mol. The Hall–Kier alpha value is -2.37. The SMILES string of the molecule is COC(=O)[C@@H](Cc1cccc(C)c1)NC(=O)[C@@H]1CCC(=O)N1. The molecule has 22 heavy (non-hydrogen) atoms. The van der Waals surface area contributed by atoms with Crippen LogP contribution in [0.2, 0.25) is 0 Å². The van der Waals surface area contributed by atoms with Crippen LogP contribution in [0.3, 0.4) is 0 Å². The Balaban J connectivity index is 2.04. The van der Waals surface area contributed by atoms with Crippen molar-refractivity contribution in [2.45, 2.75) is 38.3 Å². The molecule has 1 aliphatic heterocycles. The third-order valence-corrected chi connectivity index (χ3v) is 3.64. The van der Waals surface area contributed by atoms with E-state index in [1.807, 2.05) is 31.2 Å². The Morgan fingerprint density at radius 1 is 1.45 bits per heavy atom. The standard InChI is InChI=1S/C16H20N2O4/c1-10-4-3-5-11(8-10)9-13(16(21)22-2)18-15(20)12-6-7-14(19)17-12/h3-5,8,12-13H,6-7,9H2,1-2H3,(H,17,19)(H,18,20)/t12-,13+/m0/s1. The molecule has 1 aliphatic rings. The molecule has 0 aromatic heterocycles. The molecular formula is C16H20N2O4. The molecule has 6 nitrogen and oxygen atoms in total. The van der Waals surface area contributed by atoms with Crippen LogP contribution in [-0.2, 0) is 25.5 Å². The van der Waals surface area contributed by atoms with Gasteiger partial charge in [-0.25, -0.2) is 4.79 Å². The zero-order valence-electron chi connectivity index (χ0n) is 12.7. The highest BCUT2D eigenvalue weighted by atomic mass is 16.5. The summed E-state index contributed by atoms with van der Waals surface area (Å²) in [7, 11) is 1.29. The number of aryl methyl sites for hydroxylation is 1. The Bertz CT molecular complexity index is 585. The van der Waals surface area contributed by atoms with Crippen LogP contribution < -0.4 is 10.6 Å². The van der Waals surface area contributed by atoms with Gasteiger partial charge in [-0.3, -0.25) is 9.59 Å². The second kappa shape index (κ2) is 7.06. The van der Waals surface area contributed by atoms with Gasteiger partial charge in [-0.15, -0.1) is 0 Å². The van der Waals surface area contributed by atoms with Gasteiger partial charge in [0.15, 0.2) is 0 Å². The highest BCUT2D eigenvalue weighted by Gasteiger charge is 2.30. The first-order valence-corrected chi connectivity index (χ1v) is 7.22. The van der Waals surface area contributed by atoms with Crippen molar-refractivity contribution in [2.75, 3.05) is 7.11 Å². The molecule has 1 heterocycles. The normalized spacial score (nSPS) is 18.5. The Morgan fingerprint density at radius 2 is 2.23 bits per heavy atom. The fraction of sp³-hybridized carbons (Fsp3) is 0.438. The van der Waals surface area contributed by atoms with E-state index in [4.69, 9.17) is 4.74 Å². The van der Waals surface area contributed by atoms with E-state index >= 15 is 0 Å². The van der Waals surface area contributed by atoms with Gasteiger partial charge in [0, 0.05) is 12.8 Å². The van der Waals surface area contributed by atoms with Gasteiger partial charge in [-0.1, -0.05) is 29.8 Å². The largest absolute Gasteiger partial charge is 0.467 e. The number of amides is 2. The highest BCUT2D eigenvalue weighted by molar-refractivity contribution is 5.93. The van der Waals surface area contributed by atoms with E-state index < -0.39 is 18.1 Å². The molecule has 0 bridgehead atoms. The van der Waals surface area contributed by atoms with Crippen molar-refractivity contribution >= 4 is 17.8 Å². The van der Waals surface area contributed by atoms with Gasteiger partial charge >= 0.3 is 5.97 Å². The molecule has 1 saturated heterocycles. The number of esters is 1. The van der Waals surface area contributed by atoms with E-state index in [-0.39, 0.29) is 11.8 Å². The maximum atomic E-state index is 12.1. The lowest BCUT2D eigenvalue weighted by Crippen LogP contribution is -2.50. The number of nitrogens with one attached hydrogen (secondary N) is 2. The number of methoxy groups -OCH3 is 1. The lowest BCUT2D eigenvalue weighted by molar-refractivity contribution is -0.145. The van der Waals surface area contributed by atoms with Gasteiger partial charge in [-0.2, -0.15) is 0 Å². The summed E-state index contributed by atoms with van der Waals surface area (Å²) < 4.78 is 4.76. The second-order valence-corrected chi connectivity index (χ2v) is 5.44. The summed E-state index contributed by atoms with van der Waals surface area (Å²) in [5, 5.41) is 5.26. The Morgan fingerprint density at radius 3 is 2.82 bits per heavy atom. The van der Waals surface area contributed by atoms with Crippen LogP contribution in [0.4, 0.5) is 0 Å². The lowest BCUT2D eigenvalue weighted by atomic mass is 10.0. The molecule has 0 spiro atoms. The number of carbonyl (C=O) groups is 3. The molecule has 2 amide bonds. The first-order valence-electron chi connectivity index (χ1n) is 7.22. The van der Waals surface area contributed by atoms with Crippen LogP contribution in [0, 0.1) is 6.92 Å². The minimum Gasteiger partial charge on any atom is -0.467 e. The van der Waals surface area contributed by atoms with Crippen LogP contribution in [0.25, 0.3) is 0 Å². The molecule has 0 aliphatic carbocycles. The number of rotatable bonds is 5. The van der Waals surface area contributed by atoms with Crippen LogP contribution in [0.5, 0.6) is 0 Å². The smallest absolute Gasteiger partial charge is 0.328 e. The minimum atomic E-state index is -0.767. The summed E-state index contributed by atoms with van der Waals surface area (Å²) >= 11 is 0. The molecule has 1 aromatic rings. The van der Waals surface area contributed by atoms with Crippen molar-refractivity contribution in [3.63, 3.8) is 0 Å². The third-order valence-electron chi connectivity index (χ3n) is 3.64. The fourth-order valence-electron chi connectivity index (χ4n) is 2.49. The molecule has 6 heteroatoms. The van der Waals surface area contributed by atoms with Gasteiger partial charge in [0.1, 0.15) is 12.1 Å². The summed E-state index contributed by atoms with van der Waals surface area (Å²) in [6.45, 7) is 1.96. The van der Waals surface area contributed by atoms with Crippen molar-refractivity contribution in [3.05, 3.63) is 35.4 Å². The number of hydrogen-bond donors (Lipinski definition) is 2. The Labute approximate surface area is 129 Å². The van der Waals surface area contributed by atoms with Gasteiger partial charge in [0.2, 0.25) is 11.8 Å². The average Bonchev–Trinajstić information content (AvgIpc) is 2.92. The van der Waals surface area contributed by atoms with E-state index in [0.29, 0.717) is 19.3 Å². The van der Waals surface area contributed by atoms with Crippen molar-refractivity contribution in [2.24, 2.45) is 0 Å². The zero-order valence-corrected chi connectivity index (χ0v) is 12.7. The molecule has 118 valence electrons. The van der Waals surface area contributed by atoms with Gasteiger partial charge in [-0.05, 0) is 18.9 Å². The Kier molecular flexibility index (Phi) is 5.14. The highest BCUT2D eigenvalue weighted by Crippen LogP contribution is 2.10. The molecule has 2 atom stereocenters. The number of carbonyl (C=O) groups excluding carboxylic acids is 3. The second-order valence-electron chi connectivity index (χ2n) is 5.44. The lowest BCUT2D eigenvalue weighted by Gasteiger charge is -2.19. The van der Waals surface area contributed by atoms with Crippen LogP contribution in [0.1, 0.15) is 24.0 Å². The molecule has 1 fully saturated rings. The van der Waals surface area contributed by atoms with Gasteiger partial charge in [0.25, 0.3) is 0 Å². The van der Waals surface area contributed by atoms with E-state index in [2.05, 4.69) is 10.6 Å². The van der Waals surface area contributed by atoms with E-state index in [9.17, 15) is 14.4 Å².